The molecule has 0 aliphatic rings. The van der Waals surface area contributed by atoms with Crippen molar-refractivity contribution in [3.05, 3.63) is 64.2 Å². The summed E-state index contributed by atoms with van der Waals surface area (Å²) in [7, 11) is 0. The van der Waals surface area contributed by atoms with Gasteiger partial charge in [-0.1, -0.05) is 35.4 Å². The van der Waals surface area contributed by atoms with Crippen LogP contribution in [0.2, 0.25) is 5.15 Å². The fourth-order valence-electron chi connectivity index (χ4n) is 3.70. The molecule has 3 heterocycles. The second-order valence-electron chi connectivity index (χ2n) is 6.36. The topological polar surface area (TPSA) is 30.2 Å². The maximum atomic E-state index is 6.47. The monoisotopic (exact) mass is 335 g/mol. The Bertz CT molecular complexity index is 1090. The number of pyridine rings is 1. The maximum absolute atomic E-state index is 6.47. The van der Waals surface area contributed by atoms with Crippen LogP contribution >= 0.6 is 11.6 Å². The summed E-state index contributed by atoms with van der Waals surface area (Å²) in [6, 6.07) is 10.6. The number of hydrogen-bond acceptors (Lipinski definition) is 2. The molecule has 0 amide bonds. The van der Waals surface area contributed by atoms with Crippen molar-refractivity contribution < 1.29 is 0 Å². The quantitative estimate of drug-likeness (QED) is 0.434. The number of benzene rings is 1. The largest absolute Gasteiger partial charge is 0.312 e. The number of aryl methyl sites for hydroxylation is 4. The Morgan fingerprint density at radius 2 is 1.62 bits per heavy atom. The summed E-state index contributed by atoms with van der Waals surface area (Å²) in [5.74, 6) is 0.687. The minimum atomic E-state index is 0.493. The van der Waals surface area contributed by atoms with E-state index in [-0.39, 0.29) is 0 Å². The van der Waals surface area contributed by atoms with Gasteiger partial charge in [-0.25, -0.2) is 9.97 Å². The van der Waals surface area contributed by atoms with Gasteiger partial charge in [0.25, 0.3) is 0 Å². The van der Waals surface area contributed by atoms with Gasteiger partial charge in [0.05, 0.1) is 5.52 Å². The van der Waals surface area contributed by atoms with Gasteiger partial charge in [-0.3, -0.25) is 0 Å². The van der Waals surface area contributed by atoms with Gasteiger partial charge in [-0.2, -0.15) is 0 Å². The molecular formula is C20H18ClN3. The normalized spacial score (nSPS) is 11.5. The third kappa shape index (κ3) is 2.12. The van der Waals surface area contributed by atoms with E-state index in [1.807, 2.05) is 25.3 Å². The molecule has 0 spiro atoms. The molecule has 1 aromatic carbocycles. The number of aromatic nitrogens is 3. The predicted molar refractivity (Wildman–Crippen MR) is 99.9 cm³/mol. The Morgan fingerprint density at radius 3 is 2.33 bits per heavy atom. The van der Waals surface area contributed by atoms with Gasteiger partial charge in [0, 0.05) is 11.8 Å². The molecule has 0 atom stereocenters. The van der Waals surface area contributed by atoms with E-state index < -0.39 is 0 Å². The third-order valence-electron chi connectivity index (χ3n) is 4.47. The van der Waals surface area contributed by atoms with Crippen LogP contribution in [0.4, 0.5) is 0 Å². The zero-order valence-corrected chi connectivity index (χ0v) is 14.9. The van der Waals surface area contributed by atoms with Crippen molar-refractivity contribution >= 4 is 28.2 Å². The molecule has 120 valence electrons. The van der Waals surface area contributed by atoms with Gasteiger partial charge >= 0.3 is 0 Å². The van der Waals surface area contributed by atoms with Crippen molar-refractivity contribution in [3.63, 3.8) is 0 Å². The summed E-state index contributed by atoms with van der Waals surface area (Å²) < 4.78 is 2.09. The van der Waals surface area contributed by atoms with Crippen molar-refractivity contribution in [1.82, 2.24) is 14.4 Å². The van der Waals surface area contributed by atoms with Crippen molar-refractivity contribution in [3.8, 4) is 11.1 Å². The van der Waals surface area contributed by atoms with Crippen LogP contribution in [-0.2, 0) is 0 Å². The molecular weight excluding hydrogens is 318 g/mol. The highest BCUT2D eigenvalue weighted by molar-refractivity contribution is 6.34. The highest BCUT2D eigenvalue weighted by Crippen LogP contribution is 2.39. The number of rotatable bonds is 1. The first kappa shape index (κ1) is 15.2. The molecule has 4 aromatic rings. The average Bonchev–Trinajstić information content (AvgIpc) is 2.81. The minimum Gasteiger partial charge on any atom is -0.312 e. The lowest BCUT2D eigenvalue weighted by Gasteiger charge is -2.11. The van der Waals surface area contributed by atoms with Gasteiger partial charge in [0.2, 0.25) is 0 Å². The minimum absolute atomic E-state index is 0.493. The van der Waals surface area contributed by atoms with E-state index in [0.29, 0.717) is 11.0 Å². The van der Waals surface area contributed by atoms with Crippen LogP contribution in [0.5, 0.6) is 0 Å². The molecule has 0 fully saturated rings. The summed E-state index contributed by atoms with van der Waals surface area (Å²) in [6.07, 6.45) is 2.02. The fraction of sp³-hybridized carbons (Fsp3) is 0.200. The first-order valence-electron chi connectivity index (χ1n) is 7.98. The Kier molecular flexibility index (Phi) is 3.36. The molecule has 0 N–H and O–H groups in total. The van der Waals surface area contributed by atoms with E-state index >= 15 is 0 Å². The van der Waals surface area contributed by atoms with Crippen LogP contribution in [0.25, 0.3) is 27.7 Å². The predicted octanol–water partition coefficient (Wildman–Crippen LogP) is 5.44. The van der Waals surface area contributed by atoms with E-state index in [1.165, 1.54) is 22.3 Å². The van der Waals surface area contributed by atoms with E-state index in [1.54, 1.807) is 0 Å². The van der Waals surface area contributed by atoms with Crippen LogP contribution < -0.4 is 0 Å². The summed E-state index contributed by atoms with van der Waals surface area (Å²) in [6.45, 7) is 8.32. The van der Waals surface area contributed by atoms with Gasteiger partial charge in [0.1, 0.15) is 16.9 Å². The first-order chi connectivity index (χ1) is 11.5. The Balaban J connectivity index is 2.27. The molecule has 0 unspecified atom stereocenters. The van der Waals surface area contributed by atoms with E-state index in [4.69, 9.17) is 16.6 Å². The van der Waals surface area contributed by atoms with Crippen LogP contribution in [0.1, 0.15) is 22.5 Å². The smallest absolute Gasteiger partial charge is 0.157 e. The molecule has 0 aliphatic carbocycles. The molecule has 0 bridgehead atoms. The zero-order chi connectivity index (χ0) is 17.0. The van der Waals surface area contributed by atoms with Crippen molar-refractivity contribution in [2.24, 2.45) is 0 Å². The number of fused-ring (bicyclic) bond motifs is 3. The lowest BCUT2D eigenvalue weighted by molar-refractivity contribution is 1.08. The van der Waals surface area contributed by atoms with Crippen LogP contribution in [-0.4, -0.2) is 14.4 Å². The third-order valence-corrected chi connectivity index (χ3v) is 4.74. The Labute approximate surface area is 145 Å². The Morgan fingerprint density at radius 1 is 0.917 bits per heavy atom. The van der Waals surface area contributed by atoms with Gasteiger partial charge in [-0.05, 0) is 56.5 Å². The van der Waals surface area contributed by atoms with E-state index in [0.717, 1.165) is 22.1 Å². The van der Waals surface area contributed by atoms with Crippen LogP contribution in [0.15, 0.2) is 36.5 Å². The van der Waals surface area contributed by atoms with Crippen LogP contribution in [0.3, 0.4) is 0 Å². The number of nitrogens with zero attached hydrogens (tertiary/aromatic N) is 3. The summed E-state index contributed by atoms with van der Waals surface area (Å²) in [5.41, 5.74) is 9.01. The lowest BCUT2D eigenvalue weighted by atomic mass is 9.93. The fourth-order valence-corrected chi connectivity index (χ4v) is 4.01. The Hall–Kier alpha value is -2.39. The van der Waals surface area contributed by atoms with E-state index in [9.17, 15) is 0 Å². The highest BCUT2D eigenvalue weighted by atomic mass is 35.5. The highest BCUT2D eigenvalue weighted by Gasteiger charge is 2.20. The summed E-state index contributed by atoms with van der Waals surface area (Å²) >= 11 is 6.47. The van der Waals surface area contributed by atoms with Gasteiger partial charge < -0.3 is 4.40 Å². The van der Waals surface area contributed by atoms with Crippen molar-refractivity contribution in [2.45, 2.75) is 27.7 Å². The molecule has 0 saturated carbocycles. The molecule has 3 aromatic heterocycles. The molecule has 4 heteroatoms. The lowest BCUT2D eigenvalue weighted by Crippen LogP contribution is -1.93. The first-order valence-corrected chi connectivity index (χ1v) is 8.36. The van der Waals surface area contributed by atoms with Gasteiger partial charge in [-0.15, -0.1) is 0 Å². The summed E-state index contributed by atoms with van der Waals surface area (Å²) in [4.78, 5) is 9.09. The van der Waals surface area contributed by atoms with E-state index in [2.05, 4.69) is 48.4 Å². The standard InChI is InChI=1S/C20H18ClN3/c1-11-9-12(2)16(13(3)10-11)17-15-7-5-6-8-24(15)19-18(17)22-14(4)23-20(19)21/h5-10H,1-4H3. The second kappa shape index (κ2) is 5.32. The molecule has 3 nitrogen and oxygen atoms in total. The molecule has 24 heavy (non-hydrogen) atoms. The average molecular weight is 336 g/mol. The number of halogens is 1. The molecule has 0 saturated heterocycles. The summed E-state index contributed by atoms with van der Waals surface area (Å²) in [5, 5.41) is 0.493. The van der Waals surface area contributed by atoms with Crippen molar-refractivity contribution in [2.75, 3.05) is 0 Å². The van der Waals surface area contributed by atoms with Gasteiger partial charge in [0.15, 0.2) is 5.15 Å². The second-order valence-corrected chi connectivity index (χ2v) is 6.72. The number of hydrogen-bond donors (Lipinski definition) is 0. The molecule has 0 aliphatic heterocycles. The molecule has 0 radical (unpaired) electrons. The van der Waals surface area contributed by atoms with Crippen molar-refractivity contribution in [1.29, 1.82) is 0 Å². The molecule has 4 rings (SSSR count). The zero-order valence-electron chi connectivity index (χ0n) is 14.2. The SMILES string of the molecule is Cc1cc(C)c(-c2c3nc(C)nc(Cl)c3n3ccccc23)c(C)c1. The van der Waals surface area contributed by atoms with Crippen LogP contribution in [0, 0.1) is 27.7 Å². The maximum Gasteiger partial charge on any atom is 0.157 e.